The normalized spacial score (nSPS) is 9.90. The molecule has 0 atom stereocenters. The fourth-order valence-corrected chi connectivity index (χ4v) is 1.70. The van der Waals surface area contributed by atoms with E-state index in [1.165, 1.54) is 0 Å². The summed E-state index contributed by atoms with van der Waals surface area (Å²) in [5.41, 5.74) is 5.47. The van der Waals surface area contributed by atoms with Crippen LogP contribution in [0.15, 0.2) is 10.7 Å². The van der Waals surface area contributed by atoms with Gasteiger partial charge < -0.3 is 5.73 Å². The van der Waals surface area contributed by atoms with Crippen molar-refractivity contribution in [3.63, 3.8) is 0 Å². The number of nitrogens with zero attached hydrogens (tertiary/aromatic N) is 1. The summed E-state index contributed by atoms with van der Waals surface area (Å²) in [6, 6.07) is 0. The van der Waals surface area contributed by atoms with E-state index in [9.17, 15) is 0 Å². The molecule has 2 nitrogen and oxygen atoms in total. The smallest absolute Gasteiger partial charge is 0.138 e. The molecule has 2 N–H and O–H groups in total. The van der Waals surface area contributed by atoms with E-state index < -0.39 is 0 Å². The molecule has 0 amide bonds. The summed E-state index contributed by atoms with van der Waals surface area (Å²) in [5, 5.41) is 0.619. The minimum Gasteiger partial charge on any atom is -0.383 e. The van der Waals surface area contributed by atoms with Gasteiger partial charge in [-0.05, 0) is 38.5 Å². The van der Waals surface area contributed by atoms with Gasteiger partial charge in [-0.1, -0.05) is 11.6 Å². The Morgan fingerprint density at radius 3 is 2.80 bits per heavy atom. The highest BCUT2D eigenvalue weighted by molar-refractivity contribution is 14.1. The molecule has 0 aliphatic carbocycles. The van der Waals surface area contributed by atoms with Gasteiger partial charge in [-0.25, -0.2) is 4.98 Å². The highest BCUT2D eigenvalue weighted by Crippen LogP contribution is 2.29. The lowest BCUT2D eigenvalue weighted by Crippen LogP contribution is -1.93. The van der Waals surface area contributed by atoms with Crippen molar-refractivity contribution < 1.29 is 0 Å². The number of hydrogen-bond acceptors (Lipinski definition) is 2. The molecular weight excluding hydrogens is 330 g/mol. The molecule has 0 aliphatic rings. The zero-order valence-corrected chi connectivity index (χ0v) is 9.24. The van der Waals surface area contributed by atoms with Crippen molar-refractivity contribution in [2.75, 3.05) is 5.73 Å². The van der Waals surface area contributed by atoms with Crippen LogP contribution in [0, 0.1) is 3.57 Å². The average molecular weight is 333 g/mol. The molecule has 0 saturated carbocycles. The Kier molecular flexibility index (Phi) is 2.76. The highest BCUT2D eigenvalue weighted by atomic mass is 127. The van der Waals surface area contributed by atoms with Crippen LogP contribution in [0.25, 0.3) is 0 Å². The summed E-state index contributed by atoms with van der Waals surface area (Å²) < 4.78 is 1.56. The topological polar surface area (TPSA) is 38.9 Å². The predicted molar refractivity (Wildman–Crippen MR) is 54.1 cm³/mol. The van der Waals surface area contributed by atoms with Gasteiger partial charge in [-0.3, -0.25) is 0 Å². The number of aromatic nitrogens is 1. The molecule has 54 valence electrons. The Hall–Kier alpha value is 0.450. The van der Waals surface area contributed by atoms with E-state index in [0.717, 1.165) is 8.04 Å². The Balaban J connectivity index is 3.34. The van der Waals surface area contributed by atoms with Crippen LogP contribution in [0.2, 0.25) is 5.02 Å². The van der Waals surface area contributed by atoms with Crippen LogP contribution in [-0.4, -0.2) is 4.98 Å². The summed E-state index contributed by atoms with van der Waals surface area (Å²) in [6.45, 7) is 0. The zero-order valence-electron chi connectivity index (χ0n) is 4.74. The fraction of sp³-hybridized carbons (Fsp3) is 0. The number of hydrogen-bond donors (Lipinski definition) is 1. The van der Waals surface area contributed by atoms with Crippen molar-refractivity contribution in [1.29, 1.82) is 0 Å². The fourth-order valence-electron chi connectivity index (χ4n) is 0.457. The largest absolute Gasteiger partial charge is 0.383 e. The Morgan fingerprint density at radius 2 is 2.30 bits per heavy atom. The van der Waals surface area contributed by atoms with Crippen molar-refractivity contribution in [2.45, 2.75) is 0 Å². The molecule has 0 saturated heterocycles. The lowest BCUT2D eigenvalue weighted by Gasteiger charge is -1.99. The van der Waals surface area contributed by atoms with Crippen LogP contribution in [0.3, 0.4) is 0 Å². The third-order valence-corrected chi connectivity index (χ3v) is 3.58. The highest BCUT2D eigenvalue weighted by Gasteiger charge is 2.05. The maximum atomic E-state index is 5.81. The Labute approximate surface area is 85.4 Å². The van der Waals surface area contributed by atoms with Gasteiger partial charge in [0.25, 0.3) is 0 Å². The lowest BCUT2D eigenvalue weighted by molar-refractivity contribution is 1.30. The first kappa shape index (κ1) is 8.55. The van der Waals surface area contributed by atoms with E-state index >= 15 is 0 Å². The molecule has 0 spiro atoms. The third kappa shape index (κ3) is 1.54. The van der Waals surface area contributed by atoms with Gasteiger partial charge in [0.05, 0.1) is 13.1 Å². The van der Waals surface area contributed by atoms with E-state index in [4.69, 9.17) is 17.3 Å². The van der Waals surface area contributed by atoms with Gasteiger partial charge >= 0.3 is 0 Å². The van der Waals surface area contributed by atoms with Gasteiger partial charge in [-0.15, -0.1) is 0 Å². The molecule has 0 aliphatic heterocycles. The summed E-state index contributed by atoms with van der Waals surface area (Å²) in [5.74, 6) is 0.466. The van der Waals surface area contributed by atoms with Crippen molar-refractivity contribution >= 4 is 55.9 Å². The van der Waals surface area contributed by atoms with Crippen molar-refractivity contribution in [2.24, 2.45) is 0 Å². The second-order valence-corrected chi connectivity index (χ2v) is 3.93. The van der Waals surface area contributed by atoms with E-state index in [-0.39, 0.29) is 0 Å². The number of rotatable bonds is 0. The second-order valence-electron chi connectivity index (χ2n) is 1.62. The van der Waals surface area contributed by atoms with Gasteiger partial charge in [0.2, 0.25) is 0 Å². The molecule has 5 heteroatoms. The number of anilines is 1. The van der Waals surface area contributed by atoms with E-state index in [1.54, 1.807) is 6.20 Å². The monoisotopic (exact) mass is 332 g/mol. The van der Waals surface area contributed by atoms with Crippen LogP contribution in [0.5, 0.6) is 0 Å². The first-order chi connectivity index (χ1) is 4.63. The van der Waals surface area contributed by atoms with Gasteiger partial charge in [0.1, 0.15) is 5.82 Å². The maximum absolute atomic E-state index is 5.81. The van der Waals surface area contributed by atoms with E-state index in [1.807, 2.05) is 22.6 Å². The number of halogens is 3. The minimum absolute atomic E-state index is 0.466. The van der Waals surface area contributed by atoms with Crippen LogP contribution in [0.1, 0.15) is 0 Å². The quantitative estimate of drug-likeness (QED) is 0.742. The van der Waals surface area contributed by atoms with Gasteiger partial charge in [0, 0.05) is 6.20 Å². The van der Waals surface area contributed by atoms with Crippen molar-refractivity contribution in [3.05, 3.63) is 19.3 Å². The molecule has 1 heterocycles. The summed E-state index contributed by atoms with van der Waals surface area (Å²) in [4.78, 5) is 3.88. The molecular formula is C5H3BrClIN2. The Morgan fingerprint density at radius 1 is 1.70 bits per heavy atom. The molecule has 0 radical (unpaired) electrons. The number of pyridine rings is 1. The maximum Gasteiger partial charge on any atom is 0.138 e. The first-order valence-electron chi connectivity index (χ1n) is 2.38. The predicted octanol–water partition coefficient (Wildman–Crippen LogP) is 2.68. The summed E-state index contributed by atoms with van der Waals surface area (Å²) >= 11 is 11.1. The van der Waals surface area contributed by atoms with Gasteiger partial charge in [0.15, 0.2) is 0 Å². The molecule has 0 fully saturated rings. The standard InChI is InChI=1S/C5H3BrClIN2/c6-2-1-10-5(9)4(8)3(2)7/h1H,(H2,9,10). The molecule has 0 aromatic carbocycles. The Bertz CT molecular complexity index is 239. The van der Waals surface area contributed by atoms with Gasteiger partial charge in [-0.2, -0.15) is 0 Å². The summed E-state index contributed by atoms with van der Waals surface area (Å²) in [7, 11) is 0. The van der Waals surface area contributed by atoms with Crippen molar-refractivity contribution in [1.82, 2.24) is 4.98 Å². The average Bonchev–Trinajstić information content (AvgIpc) is 1.93. The first-order valence-corrected chi connectivity index (χ1v) is 4.63. The molecule has 1 aromatic rings. The SMILES string of the molecule is Nc1ncc(Br)c(Cl)c1I. The zero-order chi connectivity index (χ0) is 7.72. The van der Waals surface area contributed by atoms with Crippen LogP contribution < -0.4 is 5.73 Å². The van der Waals surface area contributed by atoms with E-state index in [0.29, 0.717) is 10.8 Å². The molecule has 10 heavy (non-hydrogen) atoms. The molecule has 0 unspecified atom stereocenters. The van der Waals surface area contributed by atoms with Crippen LogP contribution in [0.4, 0.5) is 5.82 Å². The van der Waals surface area contributed by atoms with Crippen molar-refractivity contribution in [3.8, 4) is 0 Å². The minimum atomic E-state index is 0.466. The third-order valence-electron chi connectivity index (χ3n) is 0.944. The molecule has 0 bridgehead atoms. The summed E-state index contributed by atoms with van der Waals surface area (Å²) in [6.07, 6.45) is 1.58. The van der Waals surface area contributed by atoms with E-state index in [2.05, 4.69) is 20.9 Å². The molecule has 1 rings (SSSR count). The van der Waals surface area contributed by atoms with Crippen LogP contribution >= 0.6 is 50.1 Å². The number of nitrogen functional groups attached to an aromatic ring is 1. The number of nitrogens with two attached hydrogens (primary N) is 1. The second kappa shape index (κ2) is 3.23. The molecule has 1 aromatic heterocycles. The lowest BCUT2D eigenvalue weighted by atomic mass is 10.5. The van der Waals surface area contributed by atoms with Crippen LogP contribution in [-0.2, 0) is 0 Å².